The molecule has 8 heteroatoms. The van der Waals surface area contributed by atoms with Gasteiger partial charge < -0.3 is 10.2 Å². The molecule has 1 saturated heterocycles. The summed E-state index contributed by atoms with van der Waals surface area (Å²) in [7, 11) is 1.86. The number of pyridine rings is 1. The lowest BCUT2D eigenvalue weighted by Gasteiger charge is -2.40. The van der Waals surface area contributed by atoms with E-state index in [1.54, 1.807) is 12.5 Å². The van der Waals surface area contributed by atoms with Crippen LogP contribution in [0.15, 0.2) is 72.4 Å². The molecule has 4 rings (SSSR count). The van der Waals surface area contributed by atoms with Gasteiger partial charge in [-0.2, -0.15) is 0 Å². The number of hydrogen-bond donors (Lipinski definition) is 1. The first-order valence-electron chi connectivity index (χ1n) is 11.0. The molecule has 1 atom stereocenters. The van der Waals surface area contributed by atoms with E-state index in [1.165, 1.54) is 5.56 Å². The number of guanidine groups is 1. The Morgan fingerprint density at radius 1 is 1.09 bits per heavy atom. The van der Waals surface area contributed by atoms with Gasteiger partial charge in [-0.1, -0.05) is 37.3 Å². The van der Waals surface area contributed by atoms with Gasteiger partial charge in [-0.15, -0.1) is 24.0 Å². The first-order valence-corrected chi connectivity index (χ1v) is 11.0. The Morgan fingerprint density at radius 3 is 2.53 bits per heavy atom. The van der Waals surface area contributed by atoms with Crippen LogP contribution in [0.5, 0.6) is 0 Å². The van der Waals surface area contributed by atoms with E-state index in [4.69, 9.17) is 0 Å². The Morgan fingerprint density at radius 2 is 1.88 bits per heavy atom. The highest BCUT2D eigenvalue weighted by Gasteiger charge is 2.25. The van der Waals surface area contributed by atoms with Crippen molar-refractivity contribution >= 4 is 29.9 Å². The van der Waals surface area contributed by atoms with Crippen molar-refractivity contribution in [1.29, 1.82) is 0 Å². The third-order valence-electron chi connectivity index (χ3n) is 5.87. The van der Waals surface area contributed by atoms with Crippen molar-refractivity contribution in [1.82, 2.24) is 29.7 Å². The maximum atomic E-state index is 4.53. The quantitative estimate of drug-likeness (QED) is 0.291. The summed E-state index contributed by atoms with van der Waals surface area (Å²) in [5.74, 6) is 1.82. The molecular weight excluding hydrogens is 513 g/mol. The fourth-order valence-electron chi connectivity index (χ4n) is 4.25. The molecule has 32 heavy (non-hydrogen) atoms. The van der Waals surface area contributed by atoms with E-state index < -0.39 is 0 Å². The summed E-state index contributed by atoms with van der Waals surface area (Å²) in [4.78, 5) is 18.0. The van der Waals surface area contributed by atoms with Gasteiger partial charge in [-0.05, 0) is 29.7 Å². The van der Waals surface area contributed by atoms with Crippen LogP contribution in [0.3, 0.4) is 0 Å². The number of nitrogens with one attached hydrogen (secondary N) is 1. The topological polar surface area (TPSA) is 61.6 Å². The maximum Gasteiger partial charge on any atom is 0.194 e. The Labute approximate surface area is 207 Å². The van der Waals surface area contributed by atoms with Crippen molar-refractivity contribution in [3.63, 3.8) is 0 Å². The lowest BCUT2D eigenvalue weighted by atomic mass is 10.0. The average molecular weight is 545 g/mol. The van der Waals surface area contributed by atoms with Crippen LogP contribution in [0.1, 0.15) is 30.5 Å². The summed E-state index contributed by atoms with van der Waals surface area (Å²) in [6.45, 7) is 7.00. The maximum absolute atomic E-state index is 4.53. The van der Waals surface area contributed by atoms with Gasteiger partial charge in [0.2, 0.25) is 0 Å². The Kier molecular flexibility index (Phi) is 9.04. The smallest absolute Gasteiger partial charge is 0.194 e. The van der Waals surface area contributed by atoms with Crippen LogP contribution in [0.2, 0.25) is 0 Å². The minimum Gasteiger partial charge on any atom is -0.352 e. The van der Waals surface area contributed by atoms with Gasteiger partial charge in [0.1, 0.15) is 12.1 Å². The van der Waals surface area contributed by atoms with Crippen LogP contribution in [0, 0.1) is 0 Å². The highest BCUT2D eigenvalue weighted by molar-refractivity contribution is 14.0. The molecule has 2 aromatic heterocycles. The van der Waals surface area contributed by atoms with Gasteiger partial charge in [-0.3, -0.25) is 14.5 Å². The lowest BCUT2D eigenvalue weighted by molar-refractivity contribution is 0.127. The van der Waals surface area contributed by atoms with Crippen molar-refractivity contribution < 1.29 is 0 Å². The number of rotatable bonds is 6. The van der Waals surface area contributed by atoms with Crippen LogP contribution >= 0.6 is 24.0 Å². The number of benzene rings is 1. The zero-order valence-electron chi connectivity index (χ0n) is 18.8. The molecule has 0 saturated carbocycles. The molecule has 0 amide bonds. The van der Waals surface area contributed by atoms with E-state index in [9.17, 15) is 0 Å². The van der Waals surface area contributed by atoms with E-state index in [0.29, 0.717) is 12.6 Å². The second kappa shape index (κ2) is 12.0. The van der Waals surface area contributed by atoms with Gasteiger partial charge in [0.25, 0.3) is 0 Å². The molecule has 3 aromatic rings. The monoisotopic (exact) mass is 545 g/mol. The van der Waals surface area contributed by atoms with Crippen LogP contribution in [0.4, 0.5) is 0 Å². The van der Waals surface area contributed by atoms with Crippen LogP contribution < -0.4 is 5.32 Å². The fraction of sp³-hybridized carbons (Fsp3) is 0.375. The fourth-order valence-corrected chi connectivity index (χ4v) is 4.25. The molecule has 1 aromatic carbocycles. The molecule has 1 fully saturated rings. The number of hydrogen-bond acceptors (Lipinski definition) is 4. The highest BCUT2D eigenvalue weighted by Crippen LogP contribution is 2.25. The molecule has 7 nitrogen and oxygen atoms in total. The van der Waals surface area contributed by atoms with Crippen LogP contribution in [0.25, 0.3) is 5.82 Å². The zero-order valence-corrected chi connectivity index (χ0v) is 21.1. The molecule has 0 aliphatic carbocycles. The second-order valence-corrected chi connectivity index (χ2v) is 7.75. The van der Waals surface area contributed by atoms with Crippen molar-refractivity contribution in [2.24, 2.45) is 4.99 Å². The van der Waals surface area contributed by atoms with Crippen molar-refractivity contribution in [3.05, 3.63) is 78.5 Å². The Balaban J connectivity index is 0.00000289. The zero-order chi connectivity index (χ0) is 21.5. The van der Waals surface area contributed by atoms with Gasteiger partial charge in [0.05, 0.1) is 0 Å². The number of imidazole rings is 1. The van der Waals surface area contributed by atoms with Crippen molar-refractivity contribution in [2.75, 3.05) is 33.2 Å². The van der Waals surface area contributed by atoms with Gasteiger partial charge in [0, 0.05) is 64.4 Å². The van der Waals surface area contributed by atoms with Gasteiger partial charge >= 0.3 is 0 Å². The molecule has 1 unspecified atom stereocenters. The summed E-state index contributed by atoms with van der Waals surface area (Å²) in [5, 5.41) is 3.52. The first-order chi connectivity index (χ1) is 15.3. The van der Waals surface area contributed by atoms with Gasteiger partial charge in [-0.25, -0.2) is 9.97 Å². The van der Waals surface area contributed by atoms with Crippen LogP contribution in [-0.4, -0.2) is 63.5 Å². The first kappa shape index (κ1) is 24.2. The van der Waals surface area contributed by atoms with Gasteiger partial charge in [0.15, 0.2) is 5.96 Å². The minimum absolute atomic E-state index is 0. The van der Waals surface area contributed by atoms with Crippen molar-refractivity contribution in [3.8, 4) is 5.82 Å². The third kappa shape index (κ3) is 5.86. The molecule has 1 N–H and O–H groups in total. The predicted octanol–water partition coefficient (Wildman–Crippen LogP) is 3.73. The minimum atomic E-state index is 0. The summed E-state index contributed by atoms with van der Waals surface area (Å²) in [6.07, 6.45) is 8.38. The molecule has 3 heterocycles. The largest absolute Gasteiger partial charge is 0.352 e. The van der Waals surface area contributed by atoms with E-state index >= 15 is 0 Å². The number of piperazine rings is 1. The van der Waals surface area contributed by atoms with Crippen molar-refractivity contribution in [2.45, 2.75) is 25.9 Å². The lowest BCUT2D eigenvalue weighted by Crippen LogP contribution is -2.52. The average Bonchev–Trinajstić information content (AvgIpc) is 3.37. The second-order valence-electron chi connectivity index (χ2n) is 7.75. The highest BCUT2D eigenvalue weighted by atomic mass is 127. The van der Waals surface area contributed by atoms with Crippen LogP contribution in [-0.2, 0) is 6.54 Å². The van der Waals surface area contributed by atoms with E-state index in [2.05, 4.69) is 73.4 Å². The molecule has 1 aliphatic heterocycles. The Bertz CT molecular complexity index is 967. The number of nitrogens with zero attached hydrogens (tertiary/aromatic N) is 6. The SMILES string of the molecule is CCC(c1ccccc1)N1CCN(C(=NC)NCc2ccnc(-n3ccnc3)c2)CC1.I. The summed E-state index contributed by atoms with van der Waals surface area (Å²) < 4.78 is 1.91. The molecule has 170 valence electrons. The molecule has 1 aliphatic rings. The third-order valence-corrected chi connectivity index (χ3v) is 5.87. The summed E-state index contributed by atoms with van der Waals surface area (Å²) in [5.41, 5.74) is 2.57. The predicted molar refractivity (Wildman–Crippen MR) is 140 cm³/mol. The van der Waals surface area contributed by atoms with E-state index in [-0.39, 0.29) is 24.0 Å². The standard InChI is InChI=1S/C24H31N7.HI/c1-3-22(21-7-5-4-6-8-21)29-13-15-30(16-14-29)24(25-2)28-18-20-9-10-27-23(17-20)31-12-11-26-19-31;/h4-12,17,19,22H,3,13-16,18H2,1-2H3,(H,25,28);1H. The van der Waals surface area contributed by atoms with E-state index in [1.807, 2.05) is 30.1 Å². The molecule has 0 spiro atoms. The number of halogens is 1. The summed E-state index contributed by atoms with van der Waals surface area (Å²) in [6, 6.07) is 15.4. The Hall–Kier alpha value is -2.46. The molecule has 0 radical (unpaired) electrons. The molecular formula is C24H32IN7. The number of aromatic nitrogens is 3. The summed E-state index contributed by atoms with van der Waals surface area (Å²) >= 11 is 0. The van der Waals surface area contributed by atoms with E-state index in [0.717, 1.165) is 49.9 Å². The number of aliphatic imine (C=N–C) groups is 1. The normalized spacial score (nSPS) is 15.8. The molecule has 0 bridgehead atoms.